The highest BCUT2D eigenvalue weighted by molar-refractivity contribution is 7.99. The Bertz CT molecular complexity index is 538. The van der Waals surface area contributed by atoms with Crippen LogP contribution >= 0.6 is 62.0 Å². The van der Waals surface area contributed by atoms with Gasteiger partial charge in [-0.1, -0.05) is 49.0 Å². The molecule has 9 nitrogen and oxygen atoms in total. The van der Waals surface area contributed by atoms with E-state index >= 15 is 0 Å². The summed E-state index contributed by atoms with van der Waals surface area (Å²) in [4.78, 5) is 8.88. The Hall–Kier alpha value is 1.39. The van der Waals surface area contributed by atoms with Crippen LogP contribution in [0.4, 0.5) is 4.20 Å². The highest BCUT2D eigenvalue weighted by Gasteiger charge is 2.27. The smallest absolute Gasteiger partial charge is 0.364 e. The fourth-order valence-corrected chi connectivity index (χ4v) is 4.66. The summed E-state index contributed by atoms with van der Waals surface area (Å²) < 4.78 is 43.5. The number of hydrogen-bond donors (Lipinski definition) is 3. The van der Waals surface area contributed by atoms with Crippen molar-refractivity contribution in [3.05, 3.63) is 0 Å². The summed E-state index contributed by atoms with van der Waals surface area (Å²) in [5.74, 6) is 4.99. The predicted octanol–water partition coefficient (Wildman–Crippen LogP) is 6.62. The van der Waals surface area contributed by atoms with Gasteiger partial charge in [-0.05, 0) is 24.7 Å². The van der Waals surface area contributed by atoms with Gasteiger partial charge >= 0.3 is 15.3 Å². The van der Waals surface area contributed by atoms with Gasteiger partial charge in [0.15, 0.2) is 0 Å². The van der Waals surface area contributed by atoms with Crippen molar-refractivity contribution >= 4 is 62.0 Å². The zero-order valence-electron chi connectivity index (χ0n) is 24.6. The molecule has 0 spiro atoms. The Kier molecular flexibility index (Phi) is 44.4. The van der Waals surface area contributed by atoms with E-state index in [2.05, 4.69) is 0 Å². The van der Waals surface area contributed by atoms with Crippen LogP contribution in [0.5, 0.6) is 0 Å². The Morgan fingerprint density at radius 2 is 1.08 bits per heavy atom. The van der Waals surface area contributed by atoms with E-state index in [1.165, 1.54) is 6.66 Å². The Morgan fingerprint density at radius 3 is 1.23 bits per heavy atom. The van der Waals surface area contributed by atoms with E-state index in [1.807, 2.05) is 41.5 Å². The van der Waals surface area contributed by atoms with Crippen molar-refractivity contribution in [2.45, 2.75) is 75.0 Å². The van der Waals surface area contributed by atoms with Gasteiger partial charge in [0, 0.05) is 49.5 Å². The van der Waals surface area contributed by atoms with Crippen LogP contribution in [-0.4, -0.2) is 99.6 Å². The maximum absolute atomic E-state index is 12.5. The monoisotopic (exact) mass is 696 g/mol. The quantitative estimate of drug-likeness (QED) is 0.115. The predicted molar refractivity (Wildman–Crippen MR) is 177 cm³/mol. The minimum atomic E-state index is -3.82. The fraction of sp³-hybridized carbons (Fsp3) is 1.00. The molecule has 0 aromatic heterocycles. The molecule has 0 radical (unpaired) electrons. The van der Waals surface area contributed by atoms with Crippen LogP contribution in [-0.2, 0) is 18.2 Å². The van der Waals surface area contributed by atoms with Gasteiger partial charge in [0.2, 0.25) is 0 Å². The third-order valence-electron chi connectivity index (χ3n) is 4.05. The largest absolute Gasteiger partial charge is 0.412 e. The van der Waals surface area contributed by atoms with E-state index in [0.717, 1.165) is 41.4 Å². The first kappa shape index (κ1) is 56.2. The SMILES string of the molecule is C.CC(OP(C)(=O)F)C(C)(C)C.CC(OP(C)(=O)O)C(C)(C)C.ClCCSCCCl.O.O.OCCSCCO.[HH]. The van der Waals surface area contributed by atoms with Crippen molar-refractivity contribution in [3.8, 4) is 0 Å². The Morgan fingerprint density at radius 1 is 0.795 bits per heavy atom. The van der Waals surface area contributed by atoms with Crippen molar-refractivity contribution in [2.24, 2.45) is 10.8 Å². The van der Waals surface area contributed by atoms with Gasteiger partial charge in [-0.25, -0.2) is 0 Å². The summed E-state index contributed by atoms with van der Waals surface area (Å²) in [5.41, 5.74) is -0.258. The maximum Gasteiger partial charge on any atom is 0.364 e. The molecule has 0 aliphatic heterocycles. The van der Waals surface area contributed by atoms with Gasteiger partial charge in [-0.15, -0.1) is 23.2 Å². The van der Waals surface area contributed by atoms with Gasteiger partial charge in [0.1, 0.15) is 0 Å². The highest BCUT2D eigenvalue weighted by Crippen LogP contribution is 2.47. The first-order chi connectivity index (χ1) is 16.1. The fourth-order valence-electron chi connectivity index (χ4n) is 1.33. The van der Waals surface area contributed by atoms with Crippen molar-refractivity contribution < 1.29 is 49.9 Å². The molecule has 0 heterocycles. The lowest BCUT2D eigenvalue weighted by Gasteiger charge is -2.27. The molecule has 0 amide bonds. The third-order valence-corrected chi connectivity index (χ3v) is 8.21. The summed E-state index contributed by atoms with van der Waals surface area (Å²) in [7, 11) is -7.14. The molecular formula is C23H61Cl2FO9P2S2. The van der Waals surface area contributed by atoms with Crippen molar-refractivity contribution in [3.63, 3.8) is 0 Å². The molecule has 0 aliphatic rings. The van der Waals surface area contributed by atoms with E-state index in [4.69, 9.17) is 47.4 Å². The number of thioether (sulfide) groups is 2. The second-order valence-electron chi connectivity index (χ2n) is 9.83. The highest BCUT2D eigenvalue weighted by atomic mass is 35.5. The van der Waals surface area contributed by atoms with Gasteiger partial charge < -0.3 is 35.1 Å². The summed E-state index contributed by atoms with van der Waals surface area (Å²) in [6.07, 6.45) is -0.535. The number of halogens is 3. The Balaban J connectivity index is -0.0000000562. The van der Waals surface area contributed by atoms with E-state index < -0.39 is 15.3 Å². The molecule has 0 aromatic rings. The maximum atomic E-state index is 12.5. The first-order valence-electron chi connectivity index (χ1n) is 11.5. The number of rotatable bonds is 12. The molecule has 0 bridgehead atoms. The molecule has 16 heteroatoms. The molecule has 0 fully saturated rings. The van der Waals surface area contributed by atoms with Crippen LogP contribution in [0.25, 0.3) is 0 Å². The standard InChI is InChI=1S/C7H16FO2P.C7H17O3P.C4H8Cl2S.C4H10O2S.CH4.2H2O.H2/c2*1-6(7(2,3)4)10-11(5,8)9;2*5-1-3-7-4-2-6;;;;/h6H,1-5H3;6H,1-5H3,(H,8,9);1-4H2;5-6H,1-4H2;1H4;2*1H2;1H. The second-order valence-corrected chi connectivity index (χ2v) is 16.6. The molecule has 39 heavy (non-hydrogen) atoms. The van der Waals surface area contributed by atoms with Gasteiger partial charge in [0.05, 0.1) is 25.4 Å². The van der Waals surface area contributed by atoms with E-state index in [-0.39, 0.29) is 56.1 Å². The number of aliphatic hydroxyl groups excluding tert-OH is 2. The first-order valence-corrected chi connectivity index (χ1v) is 18.9. The van der Waals surface area contributed by atoms with Crippen LogP contribution in [0.2, 0.25) is 0 Å². The minimum Gasteiger partial charge on any atom is -0.412 e. The van der Waals surface area contributed by atoms with E-state index in [9.17, 15) is 13.3 Å². The van der Waals surface area contributed by atoms with E-state index in [1.54, 1.807) is 37.4 Å². The summed E-state index contributed by atoms with van der Waals surface area (Å²) in [6, 6.07) is 0. The summed E-state index contributed by atoms with van der Waals surface area (Å²) in [5, 5.41) is 16.4. The van der Waals surface area contributed by atoms with Crippen molar-refractivity contribution in [1.82, 2.24) is 0 Å². The zero-order chi connectivity index (χ0) is 29.6. The van der Waals surface area contributed by atoms with Gasteiger partial charge in [-0.3, -0.25) is 9.13 Å². The lowest BCUT2D eigenvalue weighted by molar-refractivity contribution is 0.0914. The van der Waals surface area contributed by atoms with Crippen LogP contribution < -0.4 is 0 Å². The average molecular weight is 698 g/mol. The lowest BCUT2D eigenvalue weighted by Crippen LogP contribution is -2.24. The molecule has 0 saturated heterocycles. The number of alkyl halides is 2. The molecule has 0 rings (SSSR count). The van der Waals surface area contributed by atoms with Gasteiger partial charge in [0.25, 0.3) is 0 Å². The molecule has 0 aliphatic carbocycles. The van der Waals surface area contributed by atoms with Crippen LogP contribution in [0, 0.1) is 10.8 Å². The summed E-state index contributed by atoms with van der Waals surface area (Å²) >= 11 is 14.1. The lowest BCUT2D eigenvalue weighted by atomic mass is 9.91. The van der Waals surface area contributed by atoms with Gasteiger partial charge in [-0.2, -0.15) is 27.7 Å². The van der Waals surface area contributed by atoms with Crippen LogP contribution in [0.15, 0.2) is 0 Å². The number of aliphatic hydroxyl groups is 2. The third kappa shape index (κ3) is 55.9. The molecule has 0 aromatic carbocycles. The molecular weight excluding hydrogens is 636 g/mol. The average Bonchev–Trinajstić information content (AvgIpc) is 2.66. The number of hydrogen-bond acceptors (Lipinski definition) is 8. The molecule has 4 atom stereocenters. The van der Waals surface area contributed by atoms with Crippen LogP contribution in [0.3, 0.4) is 0 Å². The summed E-state index contributed by atoms with van der Waals surface area (Å²) in [6.45, 7) is 17.8. The zero-order valence-corrected chi connectivity index (χ0v) is 29.6. The van der Waals surface area contributed by atoms with Crippen LogP contribution in [0.1, 0.15) is 64.2 Å². The minimum absolute atomic E-state index is 0. The molecule has 250 valence electrons. The molecule has 0 saturated carbocycles. The van der Waals surface area contributed by atoms with Crippen molar-refractivity contribution in [1.29, 1.82) is 0 Å². The Labute approximate surface area is 258 Å². The second kappa shape index (κ2) is 30.8. The molecule has 4 unspecified atom stereocenters. The topological polar surface area (TPSA) is 176 Å². The van der Waals surface area contributed by atoms with Crippen molar-refractivity contribution in [2.75, 3.05) is 61.3 Å². The van der Waals surface area contributed by atoms with E-state index in [0.29, 0.717) is 0 Å². The normalized spacial score (nSPS) is 15.2. The molecule has 7 N–H and O–H groups in total.